The zero-order valence-electron chi connectivity index (χ0n) is 15.8. The van der Waals surface area contributed by atoms with Crippen molar-refractivity contribution in [2.75, 3.05) is 13.6 Å². The zero-order chi connectivity index (χ0) is 19.1. The Labute approximate surface area is 154 Å². The second kappa shape index (κ2) is 9.48. The summed E-state index contributed by atoms with van der Waals surface area (Å²) in [5, 5.41) is 7.33. The van der Waals surface area contributed by atoms with Crippen molar-refractivity contribution in [1.29, 1.82) is 0 Å². The molecule has 0 aliphatic heterocycles. The van der Waals surface area contributed by atoms with E-state index in [1.54, 1.807) is 17.0 Å². The number of aromatic nitrogens is 2. The Bertz CT molecular complexity index is 696. The van der Waals surface area contributed by atoms with Gasteiger partial charge in [-0.15, -0.1) is 0 Å². The van der Waals surface area contributed by atoms with Gasteiger partial charge in [-0.25, -0.2) is 4.39 Å². The normalized spacial score (nSPS) is 13.4. The van der Waals surface area contributed by atoms with Crippen LogP contribution in [0.2, 0.25) is 0 Å². The Hall–Kier alpha value is -2.21. The summed E-state index contributed by atoms with van der Waals surface area (Å²) in [5.74, 6) is -0.282. The quantitative estimate of drug-likeness (QED) is 0.673. The monoisotopic (exact) mass is 360 g/mol. The number of aromatic amines is 1. The maximum absolute atomic E-state index is 13.0. The summed E-state index contributed by atoms with van der Waals surface area (Å²) in [6, 6.07) is 8.21. The van der Waals surface area contributed by atoms with E-state index in [0.717, 1.165) is 49.2 Å². The van der Waals surface area contributed by atoms with Gasteiger partial charge in [0.15, 0.2) is 0 Å². The van der Waals surface area contributed by atoms with E-state index in [4.69, 9.17) is 5.73 Å². The summed E-state index contributed by atoms with van der Waals surface area (Å²) in [7, 11) is 1.84. The highest BCUT2D eigenvalue weighted by atomic mass is 19.1. The number of carbonyl (C=O) groups is 1. The maximum Gasteiger partial charge on any atom is 0.226 e. The third kappa shape index (κ3) is 5.66. The molecule has 0 aliphatic carbocycles. The minimum absolute atomic E-state index is 0.109. The fourth-order valence-electron chi connectivity index (χ4n) is 2.78. The molecule has 0 saturated carbocycles. The molecular weight excluding hydrogens is 331 g/mol. The average molecular weight is 360 g/mol. The summed E-state index contributed by atoms with van der Waals surface area (Å²) >= 11 is 0. The minimum Gasteiger partial charge on any atom is -0.345 e. The number of aryl methyl sites for hydroxylation is 1. The molecule has 2 aromatic rings. The second-order valence-corrected chi connectivity index (χ2v) is 7.00. The molecule has 1 aromatic carbocycles. The van der Waals surface area contributed by atoms with Crippen LogP contribution in [0.25, 0.3) is 11.3 Å². The van der Waals surface area contributed by atoms with E-state index in [1.165, 1.54) is 12.1 Å². The first-order valence-electron chi connectivity index (χ1n) is 9.19. The van der Waals surface area contributed by atoms with Crippen LogP contribution in [0.5, 0.6) is 0 Å². The molecule has 1 heterocycles. The molecule has 3 N–H and O–H groups in total. The summed E-state index contributed by atoms with van der Waals surface area (Å²) in [5.41, 5.74) is 8.59. The number of nitrogens with one attached hydrogen (secondary N) is 1. The van der Waals surface area contributed by atoms with Crippen LogP contribution in [0.15, 0.2) is 30.3 Å². The fraction of sp³-hybridized carbons (Fsp3) is 0.500. The van der Waals surface area contributed by atoms with Crippen LogP contribution in [0.4, 0.5) is 4.39 Å². The number of hydrogen-bond acceptors (Lipinski definition) is 3. The van der Waals surface area contributed by atoms with Gasteiger partial charge in [-0.2, -0.15) is 5.10 Å². The second-order valence-electron chi connectivity index (χ2n) is 7.00. The third-order valence-electron chi connectivity index (χ3n) is 4.76. The molecule has 0 fully saturated rings. The molecule has 6 heteroatoms. The van der Waals surface area contributed by atoms with E-state index in [0.29, 0.717) is 0 Å². The van der Waals surface area contributed by atoms with Crippen molar-refractivity contribution in [2.45, 2.75) is 45.6 Å². The van der Waals surface area contributed by atoms with Crippen molar-refractivity contribution in [3.05, 3.63) is 41.8 Å². The Morgan fingerprint density at radius 2 is 1.92 bits per heavy atom. The summed E-state index contributed by atoms with van der Waals surface area (Å²) < 4.78 is 13.0. The number of carbonyl (C=O) groups excluding carboxylic acids is 1. The predicted molar refractivity (Wildman–Crippen MR) is 102 cm³/mol. The van der Waals surface area contributed by atoms with E-state index < -0.39 is 0 Å². The Morgan fingerprint density at radius 3 is 2.58 bits per heavy atom. The number of amides is 1. The van der Waals surface area contributed by atoms with Gasteiger partial charge < -0.3 is 10.6 Å². The molecule has 2 atom stereocenters. The van der Waals surface area contributed by atoms with Gasteiger partial charge in [0.2, 0.25) is 5.91 Å². The van der Waals surface area contributed by atoms with E-state index >= 15 is 0 Å². The first kappa shape index (κ1) is 20.1. The smallest absolute Gasteiger partial charge is 0.226 e. The van der Waals surface area contributed by atoms with Gasteiger partial charge in [-0.1, -0.05) is 13.3 Å². The first-order chi connectivity index (χ1) is 12.4. The Kier molecular flexibility index (Phi) is 7.33. The first-order valence-corrected chi connectivity index (χ1v) is 9.19. The topological polar surface area (TPSA) is 75.0 Å². The molecule has 26 heavy (non-hydrogen) atoms. The molecule has 2 unspecified atom stereocenters. The summed E-state index contributed by atoms with van der Waals surface area (Å²) in [4.78, 5) is 13.9. The van der Waals surface area contributed by atoms with Gasteiger partial charge in [0, 0.05) is 30.9 Å². The Morgan fingerprint density at radius 1 is 1.23 bits per heavy atom. The van der Waals surface area contributed by atoms with E-state index in [9.17, 15) is 9.18 Å². The molecule has 5 nitrogen and oxygen atoms in total. The summed E-state index contributed by atoms with van der Waals surface area (Å²) in [6.07, 6.45) is 3.93. The summed E-state index contributed by atoms with van der Waals surface area (Å²) in [6.45, 7) is 4.49. The molecule has 0 radical (unpaired) electrons. The van der Waals surface area contributed by atoms with Crippen molar-refractivity contribution in [2.24, 2.45) is 11.7 Å². The lowest BCUT2D eigenvalue weighted by atomic mass is 10.0. The molecular formula is C20H29FN4O. The van der Waals surface area contributed by atoms with Crippen molar-refractivity contribution in [3.8, 4) is 11.3 Å². The number of nitrogens with two attached hydrogens (primary N) is 1. The van der Waals surface area contributed by atoms with E-state index in [-0.39, 0.29) is 23.7 Å². The van der Waals surface area contributed by atoms with Gasteiger partial charge in [0.25, 0.3) is 0 Å². The molecule has 0 aliphatic rings. The Balaban J connectivity index is 1.70. The molecule has 1 amide bonds. The lowest BCUT2D eigenvalue weighted by Crippen LogP contribution is -2.40. The largest absolute Gasteiger partial charge is 0.345 e. The van der Waals surface area contributed by atoms with Crippen LogP contribution >= 0.6 is 0 Å². The SMILES string of the molecule is CC(N)C(C)C(=O)N(C)CCCCCc1cc(-c2ccc(F)cc2)n[nH]1. The van der Waals surface area contributed by atoms with Gasteiger partial charge in [-0.05, 0) is 56.5 Å². The average Bonchev–Trinajstić information content (AvgIpc) is 3.09. The van der Waals surface area contributed by atoms with Crippen molar-refractivity contribution < 1.29 is 9.18 Å². The highest BCUT2D eigenvalue weighted by Crippen LogP contribution is 2.19. The highest BCUT2D eigenvalue weighted by Gasteiger charge is 2.20. The number of unbranched alkanes of at least 4 members (excludes halogenated alkanes) is 2. The molecule has 0 spiro atoms. The van der Waals surface area contributed by atoms with Crippen LogP contribution in [0.1, 0.15) is 38.8 Å². The van der Waals surface area contributed by atoms with Crippen molar-refractivity contribution >= 4 is 5.91 Å². The van der Waals surface area contributed by atoms with Crippen LogP contribution in [-0.2, 0) is 11.2 Å². The predicted octanol–water partition coefficient (Wildman–Crippen LogP) is 3.37. The van der Waals surface area contributed by atoms with E-state index in [1.807, 2.05) is 27.0 Å². The van der Waals surface area contributed by atoms with Gasteiger partial charge in [0.1, 0.15) is 5.82 Å². The standard InChI is InChI=1S/C20H29FN4O/c1-14(15(2)22)20(26)25(3)12-6-4-5-7-18-13-19(24-23-18)16-8-10-17(21)11-9-16/h8-11,13-15H,4-7,12,22H2,1-3H3,(H,23,24). The lowest BCUT2D eigenvalue weighted by Gasteiger charge is -2.23. The van der Waals surface area contributed by atoms with Gasteiger partial charge in [0.05, 0.1) is 11.6 Å². The minimum atomic E-state index is -0.247. The molecule has 1 aromatic heterocycles. The maximum atomic E-state index is 13.0. The molecule has 2 rings (SSSR count). The van der Waals surface area contributed by atoms with Gasteiger partial charge >= 0.3 is 0 Å². The highest BCUT2D eigenvalue weighted by molar-refractivity contribution is 5.78. The molecule has 142 valence electrons. The number of rotatable bonds is 9. The number of hydrogen-bond donors (Lipinski definition) is 2. The lowest BCUT2D eigenvalue weighted by molar-refractivity contribution is -0.134. The third-order valence-corrected chi connectivity index (χ3v) is 4.76. The van der Waals surface area contributed by atoms with Gasteiger partial charge in [-0.3, -0.25) is 9.89 Å². The van der Waals surface area contributed by atoms with Crippen LogP contribution in [0.3, 0.4) is 0 Å². The zero-order valence-corrected chi connectivity index (χ0v) is 15.8. The van der Waals surface area contributed by atoms with Crippen LogP contribution < -0.4 is 5.73 Å². The number of H-pyrrole nitrogens is 1. The van der Waals surface area contributed by atoms with Crippen LogP contribution in [0, 0.1) is 11.7 Å². The van der Waals surface area contributed by atoms with Crippen molar-refractivity contribution in [3.63, 3.8) is 0 Å². The number of halogens is 1. The van der Waals surface area contributed by atoms with Crippen LogP contribution in [-0.4, -0.2) is 40.6 Å². The van der Waals surface area contributed by atoms with Crippen molar-refractivity contribution in [1.82, 2.24) is 15.1 Å². The molecule has 0 saturated heterocycles. The fourth-order valence-corrected chi connectivity index (χ4v) is 2.78. The number of nitrogens with zero attached hydrogens (tertiary/aromatic N) is 2. The van der Waals surface area contributed by atoms with E-state index in [2.05, 4.69) is 10.2 Å². The number of benzene rings is 1. The molecule has 0 bridgehead atoms.